The van der Waals surface area contributed by atoms with Crippen molar-refractivity contribution < 1.29 is 9.90 Å². The molecule has 1 rings (SSSR count). The maximum Gasteiger partial charge on any atom is 0.404 e. The summed E-state index contributed by atoms with van der Waals surface area (Å²) in [6.07, 6.45) is 2.89. The molecule has 5 heteroatoms. The van der Waals surface area contributed by atoms with E-state index in [0.29, 0.717) is 13.0 Å². The molecular weight excluding hydrogens is 146 g/mol. The Morgan fingerprint density at radius 2 is 2.64 bits per heavy atom. The third-order valence-corrected chi connectivity index (χ3v) is 1.23. The molecule has 0 saturated carbocycles. The predicted molar refractivity (Wildman–Crippen MR) is 38.3 cm³/mol. The molecule has 1 amide bonds. The van der Waals surface area contributed by atoms with E-state index in [1.165, 1.54) is 0 Å². The zero-order chi connectivity index (χ0) is 8.10. The number of rotatable bonds is 3. The maximum atomic E-state index is 9.99. The van der Waals surface area contributed by atoms with Crippen molar-refractivity contribution in [2.24, 2.45) is 0 Å². The zero-order valence-electron chi connectivity index (χ0n) is 5.87. The van der Waals surface area contributed by atoms with E-state index in [1.54, 1.807) is 12.5 Å². The molecule has 0 bridgehead atoms. The number of hydrogen-bond donors (Lipinski definition) is 3. The third kappa shape index (κ3) is 2.70. The summed E-state index contributed by atoms with van der Waals surface area (Å²) >= 11 is 0. The Morgan fingerprint density at radius 3 is 3.18 bits per heavy atom. The van der Waals surface area contributed by atoms with E-state index in [1.807, 2.05) is 0 Å². The number of nitrogens with zero attached hydrogens (tertiary/aromatic N) is 1. The summed E-state index contributed by atoms with van der Waals surface area (Å²) < 4.78 is 0. The summed E-state index contributed by atoms with van der Waals surface area (Å²) in [5.74, 6) is 0. The fourth-order valence-electron chi connectivity index (χ4n) is 0.726. The second-order valence-electron chi connectivity index (χ2n) is 2.06. The van der Waals surface area contributed by atoms with E-state index >= 15 is 0 Å². The van der Waals surface area contributed by atoms with Crippen molar-refractivity contribution in [3.05, 3.63) is 18.2 Å². The fraction of sp³-hybridized carbons (Fsp3) is 0.333. The van der Waals surface area contributed by atoms with E-state index in [2.05, 4.69) is 15.3 Å². The summed E-state index contributed by atoms with van der Waals surface area (Å²) in [6, 6.07) is 0. The Bertz CT molecular complexity index is 220. The Labute approximate surface area is 63.5 Å². The van der Waals surface area contributed by atoms with E-state index in [0.717, 1.165) is 5.69 Å². The van der Waals surface area contributed by atoms with Crippen LogP contribution >= 0.6 is 0 Å². The van der Waals surface area contributed by atoms with Gasteiger partial charge in [-0.2, -0.15) is 0 Å². The third-order valence-electron chi connectivity index (χ3n) is 1.23. The molecule has 0 aliphatic rings. The Kier molecular flexibility index (Phi) is 2.48. The topological polar surface area (TPSA) is 78.0 Å². The van der Waals surface area contributed by atoms with Crippen LogP contribution in [0.2, 0.25) is 0 Å². The monoisotopic (exact) mass is 155 g/mol. The number of nitrogens with one attached hydrogen (secondary N) is 2. The maximum absolute atomic E-state index is 9.99. The number of amides is 1. The quantitative estimate of drug-likeness (QED) is 0.584. The van der Waals surface area contributed by atoms with Crippen molar-refractivity contribution in [2.45, 2.75) is 6.42 Å². The minimum absolute atomic E-state index is 0.414. The SMILES string of the molecule is O=C(O)NCCc1cnc[nH]1. The van der Waals surface area contributed by atoms with Gasteiger partial charge in [0.05, 0.1) is 6.33 Å². The molecule has 5 nitrogen and oxygen atoms in total. The van der Waals surface area contributed by atoms with Crippen LogP contribution in [0, 0.1) is 0 Å². The first-order chi connectivity index (χ1) is 5.29. The van der Waals surface area contributed by atoms with Gasteiger partial charge in [-0.3, -0.25) is 0 Å². The largest absolute Gasteiger partial charge is 0.465 e. The first-order valence-electron chi connectivity index (χ1n) is 3.23. The van der Waals surface area contributed by atoms with Gasteiger partial charge in [-0.05, 0) is 0 Å². The van der Waals surface area contributed by atoms with Crippen molar-refractivity contribution in [1.29, 1.82) is 0 Å². The second-order valence-corrected chi connectivity index (χ2v) is 2.06. The van der Waals surface area contributed by atoms with Gasteiger partial charge in [0.15, 0.2) is 0 Å². The van der Waals surface area contributed by atoms with Crippen LogP contribution in [-0.2, 0) is 6.42 Å². The Hall–Kier alpha value is -1.52. The molecule has 0 aromatic carbocycles. The summed E-state index contributed by atoms with van der Waals surface area (Å²) in [7, 11) is 0. The predicted octanol–water partition coefficient (Wildman–Crippen LogP) is 0.220. The molecular formula is C6H9N3O2. The Morgan fingerprint density at radius 1 is 1.82 bits per heavy atom. The van der Waals surface area contributed by atoms with Gasteiger partial charge in [0.1, 0.15) is 0 Å². The second kappa shape index (κ2) is 3.60. The lowest BCUT2D eigenvalue weighted by Gasteiger charge is -1.96. The minimum Gasteiger partial charge on any atom is -0.465 e. The number of imidazole rings is 1. The highest BCUT2D eigenvalue weighted by Gasteiger charge is 1.95. The highest BCUT2D eigenvalue weighted by atomic mass is 16.4. The van der Waals surface area contributed by atoms with Gasteiger partial charge in [0.25, 0.3) is 0 Å². The first kappa shape index (κ1) is 7.59. The van der Waals surface area contributed by atoms with E-state index in [4.69, 9.17) is 5.11 Å². The number of carboxylic acid groups (broad SMARTS) is 1. The molecule has 1 heterocycles. The summed E-state index contributed by atoms with van der Waals surface area (Å²) in [5, 5.41) is 10.5. The smallest absolute Gasteiger partial charge is 0.404 e. The van der Waals surface area contributed by atoms with Gasteiger partial charge < -0.3 is 15.4 Å². The lowest BCUT2D eigenvalue weighted by Crippen LogP contribution is -2.23. The van der Waals surface area contributed by atoms with Crippen molar-refractivity contribution in [3.8, 4) is 0 Å². The highest BCUT2D eigenvalue weighted by Crippen LogP contribution is 1.89. The van der Waals surface area contributed by atoms with Gasteiger partial charge in [0, 0.05) is 24.9 Å². The van der Waals surface area contributed by atoms with Crippen LogP contribution in [0.1, 0.15) is 5.69 Å². The fourth-order valence-corrected chi connectivity index (χ4v) is 0.726. The van der Waals surface area contributed by atoms with E-state index in [9.17, 15) is 4.79 Å². The zero-order valence-corrected chi connectivity index (χ0v) is 5.87. The molecule has 0 aliphatic heterocycles. The minimum atomic E-state index is -0.996. The number of aromatic nitrogens is 2. The average Bonchev–Trinajstić information content (AvgIpc) is 2.39. The van der Waals surface area contributed by atoms with Crippen LogP contribution in [0.3, 0.4) is 0 Å². The highest BCUT2D eigenvalue weighted by molar-refractivity contribution is 5.64. The lowest BCUT2D eigenvalue weighted by atomic mass is 10.3. The van der Waals surface area contributed by atoms with Crippen LogP contribution in [0.15, 0.2) is 12.5 Å². The molecule has 0 aliphatic carbocycles. The molecule has 0 fully saturated rings. The van der Waals surface area contributed by atoms with Crippen LogP contribution in [0.25, 0.3) is 0 Å². The average molecular weight is 155 g/mol. The van der Waals surface area contributed by atoms with Gasteiger partial charge in [-0.15, -0.1) is 0 Å². The van der Waals surface area contributed by atoms with Crippen molar-refractivity contribution >= 4 is 6.09 Å². The van der Waals surface area contributed by atoms with Crippen molar-refractivity contribution in [3.63, 3.8) is 0 Å². The van der Waals surface area contributed by atoms with Crippen molar-refractivity contribution in [1.82, 2.24) is 15.3 Å². The molecule has 3 N–H and O–H groups in total. The number of carbonyl (C=O) groups is 1. The summed E-state index contributed by atoms with van der Waals surface area (Å²) in [4.78, 5) is 16.6. The Balaban J connectivity index is 2.19. The molecule has 1 aromatic heterocycles. The van der Waals surface area contributed by atoms with Gasteiger partial charge in [-0.1, -0.05) is 0 Å². The molecule has 0 atom stereocenters. The normalized spacial score (nSPS) is 9.45. The molecule has 60 valence electrons. The molecule has 0 spiro atoms. The number of hydrogen-bond acceptors (Lipinski definition) is 2. The van der Waals surface area contributed by atoms with Crippen LogP contribution < -0.4 is 5.32 Å². The van der Waals surface area contributed by atoms with Gasteiger partial charge in [0.2, 0.25) is 0 Å². The standard InChI is InChI=1S/C6H9N3O2/c10-6(11)8-2-1-5-3-7-4-9-5/h3-4,8H,1-2H2,(H,7,9)(H,10,11). The van der Waals surface area contributed by atoms with Crippen LogP contribution in [0.4, 0.5) is 4.79 Å². The van der Waals surface area contributed by atoms with E-state index in [-0.39, 0.29) is 0 Å². The number of aromatic amines is 1. The molecule has 0 radical (unpaired) electrons. The molecule has 1 aromatic rings. The first-order valence-corrected chi connectivity index (χ1v) is 3.23. The molecule has 0 saturated heterocycles. The van der Waals surface area contributed by atoms with Crippen molar-refractivity contribution in [2.75, 3.05) is 6.54 Å². The van der Waals surface area contributed by atoms with Crippen LogP contribution in [0.5, 0.6) is 0 Å². The van der Waals surface area contributed by atoms with Crippen LogP contribution in [-0.4, -0.2) is 27.7 Å². The lowest BCUT2D eigenvalue weighted by molar-refractivity contribution is 0.194. The number of H-pyrrole nitrogens is 1. The van der Waals surface area contributed by atoms with Gasteiger partial charge in [-0.25, -0.2) is 9.78 Å². The van der Waals surface area contributed by atoms with E-state index < -0.39 is 6.09 Å². The summed E-state index contributed by atoms with van der Waals surface area (Å²) in [6.45, 7) is 0.414. The summed E-state index contributed by atoms with van der Waals surface area (Å²) in [5.41, 5.74) is 0.929. The molecule has 11 heavy (non-hydrogen) atoms. The molecule has 0 unspecified atom stereocenters. The van der Waals surface area contributed by atoms with Gasteiger partial charge >= 0.3 is 6.09 Å².